The molecule has 1 aliphatic rings. The Morgan fingerprint density at radius 2 is 1.77 bits per heavy atom. The Hall–Kier alpha value is -2.43. The molecule has 4 rings (SSSR count). The average molecular weight is 436 g/mol. The lowest BCUT2D eigenvalue weighted by Crippen LogP contribution is -2.29. The average Bonchev–Trinajstić information content (AvgIpc) is 2.99. The number of anilines is 1. The van der Waals surface area contributed by atoms with E-state index >= 15 is 0 Å². The first-order valence-electron chi connectivity index (χ1n) is 9.99. The summed E-state index contributed by atoms with van der Waals surface area (Å²) in [6.07, 6.45) is 6.68. The van der Waals surface area contributed by atoms with E-state index in [9.17, 15) is 0 Å². The molecule has 1 unspecified atom stereocenters. The molecule has 0 fully saturated rings. The second-order valence-electron chi connectivity index (χ2n) is 8.53. The Kier molecular flexibility index (Phi) is 5.56. The number of benzene rings is 2. The molecule has 0 amide bonds. The van der Waals surface area contributed by atoms with Crippen LogP contribution in [0.5, 0.6) is 0 Å². The number of allylic oxidation sites excluding steroid dienone is 1. The summed E-state index contributed by atoms with van der Waals surface area (Å²) in [7, 11) is 0. The fourth-order valence-corrected chi connectivity index (χ4v) is 4.72. The largest absolute Gasteiger partial charge is 0.325 e. The highest BCUT2D eigenvalue weighted by molar-refractivity contribution is 8.00. The third-order valence-electron chi connectivity index (χ3n) is 5.44. The molecule has 0 spiro atoms. The third-order valence-corrected chi connectivity index (χ3v) is 6.58. The number of hydrogen-bond donors (Lipinski definition) is 1. The molecule has 3 aromatic rings. The van der Waals surface area contributed by atoms with Crippen molar-refractivity contribution in [2.45, 2.75) is 43.7 Å². The van der Waals surface area contributed by atoms with E-state index in [0.29, 0.717) is 5.02 Å². The number of rotatable bonds is 4. The van der Waals surface area contributed by atoms with Crippen molar-refractivity contribution in [1.29, 1.82) is 0 Å². The molecule has 154 valence electrons. The summed E-state index contributed by atoms with van der Waals surface area (Å²) in [4.78, 5) is 5.75. The molecular weight excluding hydrogens is 410 g/mol. The molecular formula is C25H26ClN3S. The van der Waals surface area contributed by atoms with E-state index in [1.165, 1.54) is 5.56 Å². The highest BCUT2D eigenvalue weighted by atomic mass is 35.5. The first-order valence-corrected chi connectivity index (χ1v) is 11.2. The predicted molar refractivity (Wildman–Crippen MR) is 133 cm³/mol. The molecule has 30 heavy (non-hydrogen) atoms. The Morgan fingerprint density at radius 1 is 1.07 bits per heavy atom. The second kappa shape index (κ2) is 8.01. The van der Waals surface area contributed by atoms with Crippen LogP contribution in [-0.4, -0.2) is 10.8 Å². The van der Waals surface area contributed by atoms with Gasteiger partial charge in [0.15, 0.2) is 0 Å². The van der Waals surface area contributed by atoms with Gasteiger partial charge < -0.3 is 9.29 Å². The standard InChI is InChI=1S/C25H26ClN3S/c1-16-23-20(26)13-14-21(24(23)17(2)29(16)22-8-6-7-15-27-22)28-30-19-11-9-18(10-12-19)25(3,4)5/h6-7,9-15,22,28H,1-2,8H2,3-5H3. The Bertz CT molecular complexity index is 1250. The van der Waals surface area contributed by atoms with Crippen molar-refractivity contribution in [1.82, 2.24) is 4.57 Å². The third kappa shape index (κ3) is 3.82. The number of dihydropyridines is 1. The van der Waals surface area contributed by atoms with Gasteiger partial charge in [-0.2, -0.15) is 0 Å². The molecule has 1 atom stereocenters. The summed E-state index contributed by atoms with van der Waals surface area (Å²) in [5.74, 6) is 0. The van der Waals surface area contributed by atoms with E-state index in [1.54, 1.807) is 11.9 Å². The Balaban J connectivity index is 1.69. The molecule has 3 nitrogen and oxygen atoms in total. The van der Waals surface area contributed by atoms with Gasteiger partial charge in [-0.25, -0.2) is 0 Å². The highest BCUT2D eigenvalue weighted by Gasteiger charge is 2.18. The van der Waals surface area contributed by atoms with Crippen molar-refractivity contribution in [3.8, 4) is 0 Å². The van der Waals surface area contributed by atoms with Crippen LogP contribution >= 0.6 is 23.5 Å². The van der Waals surface area contributed by atoms with Gasteiger partial charge in [-0.1, -0.05) is 63.7 Å². The molecule has 1 N–H and O–H groups in total. The zero-order valence-corrected chi connectivity index (χ0v) is 19.1. The van der Waals surface area contributed by atoms with Crippen LogP contribution in [0.15, 0.2) is 58.4 Å². The van der Waals surface area contributed by atoms with E-state index in [2.05, 4.69) is 78.6 Å². The van der Waals surface area contributed by atoms with Crippen molar-refractivity contribution in [2.24, 2.45) is 4.99 Å². The van der Waals surface area contributed by atoms with Crippen LogP contribution < -0.4 is 15.4 Å². The van der Waals surface area contributed by atoms with Gasteiger partial charge in [0.05, 0.1) is 10.7 Å². The van der Waals surface area contributed by atoms with Crippen molar-refractivity contribution in [2.75, 3.05) is 4.72 Å². The van der Waals surface area contributed by atoms with Crippen LogP contribution in [0.2, 0.25) is 5.02 Å². The maximum absolute atomic E-state index is 6.57. The highest BCUT2D eigenvalue weighted by Crippen LogP contribution is 2.31. The minimum atomic E-state index is -0.0380. The van der Waals surface area contributed by atoms with E-state index in [0.717, 1.165) is 38.5 Å². The molecule has 2 aromatic carbocycles. The van der Waals surface area contributed by atoms with Gasteiger partial charge in [-0.3, -0.25) is 4.99 Å². The van der Waals surface area contributed by atoms with Crippen molar-refractivity contribution < 1.29 is 0 Å². The van der Waals surface area contributed by atoms with Crippen molar-refractivity contribution in [3.05, 3.63) is 69.8 Å². The number of hydrogen-bond acceptors (Lipinski definition) is 3. The molecule has 1 aromatic heterocycles. The van der Waals surface area contributed by atoms with E-state index in [4.69, 9.17) is 11.6 Å². The number of halogens is 1. The van der Waals surface area contributed by atoms with Crippen LogP contribution in [-0.2, 0) is 5.41 Å². The van der Waals surface area contributed by atoms with E-state index < -0.39 is 0 Å². The fraction of sp³-hybridized carbons (Fsp3) is 0.240. The molecule has 1 aliphatic heterocycles. The summed E-state index contributed by atoms with van der Waals surface area (Å²) in [6.45, 7) is 15.3. The van der Waals surface area contributed by atoms with Crippen molar-refractivity contribution in [3.63, 3.8) is 0 Å². The van der Waals surface area contributed by atoms with Gasteiger partial charge in [0.1, 0.15) is 6.17 Å². The van der Waals surface area contributed by atoms with E-state index in [-0.39, 0.29) is 11.6 Å². The van der Waals surface area contributed by atoms with Gasteiger partial charge in [0.2, 0.25) is 0 Å². The summed E-state index contributed by atoms with van der Waals surface area (Å²) < 4.78 is 5.59. The molecule has 0 bridgehead atoms. The maximum atomic E-state index is 6.57. The Labute approximate surface area is 187 Å². The van der Waals surface area contributed by atoms with Gasteiger partial charge in [-0.05, 0) is 53.3 Å². The smallest absolute Gasteiger partial charge is 0.128 e. The van der Waals surface area contributed by atoms with Gasteiger partial charge in [0.25, 0.3) is 0 Å². The number of aromatic nitrogens is 1. The maximum Gasteiger partial charge on any atom is 0.128 e. The van der Waals surface area contributed by atoms with E-state index in [1.807, 2.05) is 24.4 Å². The fourth-order valence-electron chi connectivity index (χ4n) is 3.79. The molecule has 2 heterocycles. The normalized spacial score (nSPS) is 16.3. The van der Waals surface area contributed by atoms with Crippen molar-refractivity contribution >= 4 is 59.4 Å². The topological polar surface area (TPSA) is 29.3 Å². The molecule has 0 saturated heterocycles. The van der Waals surface area contributed by atoms with Crippen LogP contribution in [0, 0.1) is 0 Å². The quantitative estimate of drug-likeness (QED) is 0.504. The van der Waals surface area contributed by atoms with Crippen LogP contribution in [0.25, 0.3) is 23.9 Å². The molecule has 5 heteroatoms. The zero-order chi connectivity index (χ0) is 21.5. The number of nitrogens with one attached hydrogen (secondary N) is 1. The lowest BCUT2D eigenvalue weighted by atomic mass is 9.87. The van der Waals surface area contributed by atoms with Gasteiger partial charge in [0, 0.05) is 39.0 Å². The minimum absolute atomic E-state index is 0.0380. The zero-order valence-electron chi connectivity index (χ0n) is 17.6. The summed E-state index contributed by atoms with van der Waals surface area (Å²) in [5.41, 5.74) is 2.44. The lowest BCUT2D eigenvalue weighted by molar-refractivity contribution is 0.513. The lowest BCUT2D eigenvalue weighted by Gasteiger charge is -2.19. The molecule has 0 saturated carbocycles. The summed E-state index contributed by atoms with van der Waals surface area (Å²) >= 11 is 8.15. The summed E-state index contributed by atoms with van der Waals surface area (Å²) in [6, 6.07) is 12.6. The van der Waals surface area contributed by atoms with Gasteiger partial charge >= 0.3 is 0 Å². The molecule has 0 aliphatic carbocycles. The first-order chi connectivity index (χ1) is 14.3. The number of aliphatic imine (C=N–C) groups is 1. The van der Waals surface area contributed by atoms with Gasteiger partial charge in [-0.15, -0.1) is 0 Å². The number of nitrogens with zero attached hydrogens (tertiary/aromatic N) is 2. The number of fused-ring (bicyclic) bond motifs is 1. The minimum Gasteiger partial charge on any atom is -0.325 e. The van der Waals surface area contributed by atoms with Crippen LogP contribution in [0.3, 0.4) is 0 Å². The second-order valence-corrected chi connectivity index (χ2v) is 9.82. The summed E-state index contributed by atoms with van der Waals surface area (Å²) in [5, 5.41) is 4.33. The SMILES string of the molecule is C=c1c2c(Cl)ccc(NSc3ccc(C(C)(C)C)cc3)c2c(=C)n1C1CC=CC=N1. The molecule has 0 radical (unpaired) electrons. The van der Waals surface area contributed by atoms with Crippen LogP contribution in [0.4, 0.5) is 5.69 Å². The Morgan fingerprint density at radius 3 is 2.40 bits per heavy atom. The van der Waals surface area contributed by atoms with Crippen LogP contribution in [0.1, 0.15) is 38.9 Å². The first kappa shape index (κ1) is 20.8. The monoisotopic (exact) mass is 435 g/mol. The predicted octanol–water partition coefficient (Wildman–Crippen LogP) is 6.06.